The summed E-state index contributed by atoms with van der Waals surface area (Å²) in [7, 11) is 1.61. The van der Waals surface area contributed by atoms with Gasteiger partial charge in [0.2, 0.25) is 0 Å². The van der Waals surface area contributed by atoms with Crippen molar-refractivity contribution in [1.82, 2.24) is 4.90 Å². The van der Waals surface area contributed by atoms with Gasteiger partial charge in [0, 0.05) is 31.3 Å². The fourth-order valence-electron chi connectivity index (χ4n) is 1.63. The number of nitrogens with two attached hydrogens (primary N) is 1. The standard InChI is InChI=1S/C13H17N3O4/c1-16(8-2-3-11(17)18)12(19)9-4-6-10(7-5-9)15-13(14)20/h4-7H,2-3,8H2,1H3,(H,17,18)(H3,14,15,20). The van der Waals surface area contributed by atoms with E-state index in [2.05, 4.69) is 5.32 Å². The van der Waals surface area contributed by atoms with E-state index in [-0.39, 0.29) is 12.3 Å². The maximum absolute atomic E-state index is 12.0. The summed E-state index contributed by atoms with van der Waals surface area (Å²) >= 11 is 0. The van der Waals surface area contributed by atoms with Gasteiger partial charge in [0.1, 0.15) is 0 Å². The number of carbonyl (C=O) groups is 3. The van der Waals surface area contributed by atoms with Crippen LogP contribution in [0.4, 0.5) is 10.5 Å². The lowest BCUT2D eigenvalue weighted by Crippen LogP contribution is -2.28. The minimum absolute atomic E-state index is 0.0269. The molecule has 1 aromatic carbocycles. The van der Waals surface area contributed by atoms with Crippen LogP contribution in [-0.2, 0) is 4.79 Å². The van der Waals surface area contributed by atoms with Crippen LogP contribution in [0.1, 0.15) is 23.2 Å². The van der Waals surface area contributed by atoms with Gasteiger partial charge in [-0.3, -0.25) is 9.59 Å². The van der Waals surface area contributed by atoms with Crippen molar-refractivity contribution in [2.24, 2.45) is 5.73 Å². The van der Waals surface area contributed by atoms with E-state index in [0.29, 0.717) is 24.2 Å². The third-order valence-electron chi connectivity index (χ3n) is 2.63. The van der Waals surface area contributed by atoms with Crippen molar-refractivity contribution < 1.29 is 19.5 Å². The molecular formula is C13H17N3O4. The van der Waals surface area contributed by atoms with Gasteiger partial charge in [0.05, 0.1) is 0 Å². The number of aliphatic carboxylic acids is 1. The van der Waals surface area contributed by atoms with E-state index in [4.69, 9.17) is 10.8 Å². The molecule has 0 saturated heterocycles. The Hall–Kier alpha value is -2.57. The van der Waals surface area contributed by atoms with Crippen molar-refractivity contribution in [1.29, 1.82) is 0 Å². The number of carboxylic acid groups (broad SMARTS) is 1. The van der Waals surface area contributed by atoms with Gasteiger partial charge in [0.15, 0.2) is 0 Å². The predicted molar refractivity (Wildman–Crippen MR) is 73.5 cm³/mol. The number of nitrogens with one attached hydrogen (secondary N) is 1. The summed E-state index contributed by atoms with van der Waals surface area (Å²) in [6.07, 6.45) is 0.429. The Kier molecular flexibility index (Phi) is 5.52. The van der Waals surface area contributed by atoms with Gasteiger partial charge >= 0.3 is 12.0 Å². The Balaban J connectivity index is 2.58. The second-order valence-electron chi connectivity index (χ2n) is 4.29. The molecule has 7 heteroatoms. The molecule has 0 aliphatic carbocycles. The largest absolute Gasteiger partial charge is 0.481 e. The molecule has 3 amide bonds. The molecule has 0 aliphatic rings. The molecule has 7 nitrogen and oxygen atoms in total. The summed E-state index contributed by atoms with van der Waals surface area (Å²) < 4.78 is 0. The topological polar surface area (TPSA) is 113 Å². The van der Waals surface area contributed by atoms with Crippen LogP contribution < -0.4 is 11.1 Å². The predicted octanol–water partition coefficient (Wildman–Crippen LogP) is 1.11. The number of primary amides is 1. The molecule has 0 spiro atoms. The lowest BCUT2D eigenvalue weighted by Gasteiger charge is -2.16. The summed E-state index contributed by atoms with van der Waals surface area (Å²) in [4.78, 5) is 34.5. The zero-order valence-electron chi connectivity index (χ0n) is 11.1. The number of rotatable bonds is 6. The van der Waals surface area contributed by atoms with Crippen molar-refractivity contribution in [3.05, 3.63) is 29.8 Å². The van der Waals surface area contributed by atoms with Gasteiger partial charge in [0.25, 0.3) is 5.91 Å². The summed E-state index contributed by atoms with van der Waals surface area (Å²) in [5.41, 5.74) is 5.94. The number of hydrogen-bond donors (Lipinski definition) is 3. The van der Waals surface area contributed by atoms with Crippen molar-refractivity contribution in [3.8, 4) is 0 Å². The lowest BCUT2D eigenvalue weighted by atomic mass is 10.1. The smallest absolute Gasteiger partial charge is 0.316 e. The lowest BCUT2D eigenvalue weighted by molar-refractivity contribution is -0.137. The highest BCUT2D eigenvalue weighted by Crippen LogP contribution is 2.11. The van der Waals surface area contributed by atoms with Crippen LogP contribution in [0.3, 0.4) is 0 Å². The highest BCUT2D eigenvalue weighted by molar-refractivity contribution is 5.95. The zero-order valence-corrected chi connectivity index (χ0v) is 11.1. The maximum atomic E-state index is 12.0. The maximum Gasteiger partial charge on any atom is 0.316 e. The van der Waals surface area contributed by atoms with Crippen molar-refractivity contribution in [2.75, 3.05) is 18.9 Å². The number of amides is 3. The first-order valence-electron chi connectivity index (χ1n) is 6.04. The number of carbonyl (C=O) groups excluding carboxylic acids is 2. The van der Waals surface area contributed by atoms with Gasteiger partial charge in [-0.15, -0.1) is 0 Å². The molecule has 1 rings (SSSR count). The highest BCUT2D eigenvalue weighted by atomic mass is 16.4. The molecule has 0 saturated carbocycles. The van der Waals surface area contributed by atoms with E-state index in [1.165, 1.54) is 4.90 Å². The van der Waals surface area contributed by atoms with Crippen LogP contribution in [0.25, 0.3) is 0 Å². The number of anilines is 1. The molecule has 0 radical (unpaired) electrons. The van der Waals surface area contributed by atoms with Crippen LogP contribution in [0.2, 0.25) is 0 Å². The Morgan fingerprint density at radius 2 is 1.85 bits per heavy atom. The molecule has 0 aliphatic heterocycles. The zero-order chi connectivity index (χ0) is 15.1. The fourth-order valence-corrected chi connectivity index (χ4v) is 1.63. The van der Waals surface area contributed by atoms with E-state index in [0.717, 1.165) is 0 Å². The number of carboxylic acids is 1. The van der Waals surface area contributed by atoms with E-state index < -0.39 is 12.0 Å². The van der Waals surface area contributed by atoms with Crippen LogP contribution in [-0.4, -0.2) is 41.5 Å². The van der Waals surface area contributed by atoms with Crippen molar-refractivity contribution in [3.63, 3.8) is 0 Å². The molecule has 4 N–H and O–H groups in total. The van der Waals surface area contributed by atoms with Crippen LogP contribution >= 0.6 is 0 Å². The van der Waals surface area contributed by atoms with E-state index in [9.17, 15) is 14.4 Å². The number of hydrogen-bond acceptors (Lipinski definition) is 3. The molecule has 0 unspecified atom stereocenters. The average molecular weight is 279 g/mol. The van der Waals surface area contributed by atoms with Crippen molar-refractivity contribution in [2.45, 2.75) is 12.8 Å². The molecule has 108 valence electrons. The molecule has 0 atom stereocenters. The molecular weight excluding hydrogens is 262 g/mol. The summed E-state index contributed by atoms with van der Waals surface area (Å²) in [6, 6.07) is 5.62. The average Bonchev–Trinajstić information content (AvgIpc) is 2.37. The normalized spacial score (nSPS) is 9.85. The van der Waals surface area contributed by atoms with Gasteiger partial charge in [-0.05, 0) is 30.7 Å². The third-order valence-corrected chi connectivity index (χ3v) is 2.63. The first-order valence-corrected chi connectivity index (χ1v) is 6.04. The number of benzene rings is 1. The Morgan fingerprint density at radius 3 is 2.35 bits per heavy atom. The van der Waals surface area contributed by atoms with E-state index in [1.807, 2.05) is 0 Å². The van der Waals surface area contributed by atoms with Gasteiger partial charge in [-0.25, -0.2) is 4.79 Å². The summed E-state index contributed by atoms with van der Waals surface area (Å²) in [6.45, 7) is 0.367. The van der Waals surface area contributed by atoms with Crippen LogP contribution in [0.5, 0.6) is 0 Å². The van der Waals surface area contributed by atoms with Gasteiger partial charge in [-0.2, -0.15) is 0 Å². The van der Waals surface area contributed by atoms with Crippen molar-refractivity contribution >= 4 is 23.6 Å². The number of nitrogens with zero attached hydrogens (tertiary/aromatic N) is 1. The third kappa shape index (κ3) is 4.97. The molecule has 20 heavy (non-hydrogen) atoms. The monoisotopic (exact) mass is 279 g/mol. The second-order valence-corrected chi connectivity index (χ2v) is 4.29. The summed E-state index contributed by atoms with van der Waals surface area (Å²) in [5.74, 6) is -1.09. The van der Waals surface area contributed by atoms with Gasteiger partial charge < -0.3 is 21.1 Å². The second kappa shape index (κ2) is 7.13. The minimum atomic E-state index is -0.882. The SMILES string of the molecule is CN(CCCC(=O)O)C(=O)c1ccc(NC(N)=O)cc1. The molecule has 0 aromatic heterocycles. The van der Waals surface area contributed by atoms with Crippen LogP contribution in [0, 0.1) is 0 Å². The highest BCUT2D eigenvalue weighted by Gasteiger charge is 2.11. The summed E-state index contributed by atoms with van der Waals surface area (Å²) in [5, 5.41) is 10.9. The first kappa shape index (κ1) is 15.5. The minimum Gasteiger partial charge on any atom is -0.481 e. The molecule has 1 aromatic rings. The fraction of sp³-hybridized carbons (Fsp3) is 0.308. The van der Waals surface area contributed by atoms with Crippen LogP contribution in [0.15, 0.2) is 24.3 Å². The molecule has 0 fully saturated rings. The van der Waals surface area contributed by atoms with E-state index >= 15 is 0 Å². The Bertz CT molecular complexity index is 499. The number of urea groups is 1. The Morgan fingerprint density at radius 1 is 1.25 bits per heavy atom. The van der Waals surface area contributed by atoms with Gasteiger partial charge in [-0.1, -0.05) is 0 Å². The van der Waals surface area contributed by atoms with E-state index in [1.54, 1.807) is 31.3 Å². The Labute approximate surface area is 116 Å². The molecule has 0 heterocycles. The first-order chi connectivity index (χ1) is 9.40. The molecule has 0 bridgehead atoms. The quantitative estimate of drug-likeness (QED) is 0.724.